The summed E-state index contributed by atoms with van der Waals surface area (Å²) in [5, 5.41) is 11.2. The van der Waals surface area contributed by atoms with Crippen LogP contribution in [0, 0.1) is 11.3 Å². The first-order valence-electron chi connectivity index (χ1n) is 6.59. The van der Waals surface area contributed by atoms with Crippen LogP contribution in [-0.4, -0.2) is 25.7 Å². The Labute approximate surface area is 119 Å². The Balaban J connectivity index is 2.62. The molecule has 1 amide bonds. The molecule has 0 aliphatic heterocycles. The second-order valence-electron chi connectivity index (χ2n) is 4.34. The summed E-state index contributed by atoms with van der Waals surface area (Å²) in [6.07, 6.45) is 0.929. The number of aryl methyl sites for hydroxylation is 1. The van der Waals surface area contributed by atoms with E-state index in [1.807, 2.05) is 31.2 Å². The van der Waals surface area contributed by atoms with E-state index in [-0.39, 0.29) is 5.91 Å². The molecule has 0 heterocycles. The van der Waals surface area contributed by atoms with Gasteiger partial charge in [0.15, 0.2) is 11.5 Å². The van der Waals surface area contributed by atoms with Crippen molar-refractivity contribution < 1.29 is 14.3 Å². The number of carbonyl (C=O) groups is 1. The monoisotopic (exact) mass is 276 g/mol. The number of benzene rings is 1. The van der Waals surface area contributed by atoms with E-state index < -0.39 is 6.04 Å². The van der Waals surface area contributed by atoms with Gasteiger partial charge in [0, 0.05) is 6.42 Å². The van der Waals surface area contributed by atoms with E-state index in [9.17, 15) is 4.79 Å². The fourth-order valence-corrected chi connectivity index (χ4v) is 1.75. The van der Waals surface area contributed by atoms with Crippen molar-refractivity contribution in [2.75, 3.05) is 13.7 Å². The second kappa shape index (κ2) is 8.05. The van der Waals surface area contributed by atoms with Crippen molar-refractivity contribution in [3.8, 4) is 17.6 Å². The zero-order valence-corrected chi connectivity index (χ0v) is 12.1. The van der Waals surface area contributed by atoms with Gasteiger partial charge in [-0.2, -0.15) is 5.26 Å². The van der Waals surface area contributed by atoms with E-state index in [1.165, 1.54) is 0 Å². The molecule has 0 radical (unpaired) electrons. The van der Waals surface area contributed by atoms with Crippen LogP contribution in [0.5, 0.6) is 11.5 Å². The maximum Gasteiger partial charge on any atom is 0.221 e. The van der Waals surface area contributed by atoms with Crippen molar-refractivity contribution >= 4 is 5.91 Å². The molecular weight excluding hydrogens is 256 g/mol. The normalized spacial score (nSPS) is 11.3. The van der Waals surface area contributed by atoms with E-state index in [0.29, 0.717) is 30.9 Å². The number of hydrogen-bond acceptors (Lipinski definition) is 4. The van der Waals surface area contributed by atoms with Gasteiger partial charge in [-0.1, -0.05) is 6.07 Å². The molecule has 1 atom stereocenters. The molecule has 0 bridgehead atoms. The molecule has 0 saturated carbocycles. The van der Waals surface area contributed by atoms with Crippen molar-refractivity contribution in [1.29, 1.82) is 5.26 Å². The minimum atomic E-state index is -0.461. The highest BCUT2D eigenvalue weighted by molar-refractivity contribution is 5.76. The molecule has 0 aliphatic rings. The Bertz CT molecular complexity index is 494. The second-order valence-corrected chi connectivity index (χ2v) is 4.34. The molecule has 0 aliphatic carbocycles. The van der Waals surface area contributed by atoms with E-state index in [2.05, 4.69) is 5.32 Å². The van der Waals surface area contributed by atoms with Crippen LogP contribution in [0.1, 0.15) is 25.8 Å². The summed E-state index contributed by atoms with van der Waals surface area (Å²) in [7, 11) is 1.59. The zero-order chi connectivity index (χ0) is 15.0. The summed E-state index contributed by atoms with van der Waals surface area (Å²) in [5.41, 5.74) is 0.994. The first-order chi connectivity index (χ1) is 9.60. The van der Waals surface area contributed by atoms with Gasteiger partial charge in [-0.15, -0.1) is 0 Å². The quantitative estimate of drug-likeness (QED) is 0.827. The number of nitrogens with zero attached hydrogens (tertiary/aromatic N) is 1. The van der Waals surface area contributed by atoms with Crippen LogP contribution in [-0.2, 0) is 11.2 Å². The largest absolute Gasteiger partial charge is 0.493 e. The van der Waals surface area contributed by atoms with Gasteiger partial charge in [-0.05, 0) is 38.0 Å². The lowest BCUT2D eigenvalue weighted by molar-refractivity contribution is -0.121. The molecule has 20 heavy (non-hydrogen) atoms. The van der Waals surface area contributed by atoms with Gasteiger partial charge in [0.1, 0.15) is 6.04 Å². The summed E-state index contributed by atoms with van der Waals surface area (Å²) in [6.45, 7) is 4.11. The van der Waals surface area contributed by atoms with Gasteiger partial charge in [0.25, 0.3) is 0 Å². The molecule has 1 unspecified atom stereocenters. The third kappa shape index (κ3) is 4.81. The van der Waals surface area contributed by atoms with Crippen LogP contribution in [0.3, 0.4) is 0 Å². The average molecular weight is 276 g/mol. The fourth-order valence-electron chi connectivity index (χ4n) is 1.75. The number of nitriles is 1. The molecular formula is C15H20N2O3. The molecule has 5 nitrogen and oxygen atoms in total. The van der Waals surface area contributed by atoms with E-state index in [0.717, 1.165) is 5.56 Å². The Morgan fingerprint density at radius 2 is 2.20 bits per heavy atom. The van der Waals surface area contributed by atoms with Crippen LogP contribution in [0.25, 0.3) is 0 Å². The molecule has 1 aromatic carbocycles. The van der Waals surface area contributed by atoms with Gasteiger partial charge < -0.3 is 14.8 Å². The maximum atomic E-state index is 11.6. The van der Waals surface area contributed by atoms with Crippen molar-refractivity contribution in [3.63, 3.8) is 0 Å². The number of amides is 1. The van der Waals surface area contributed by atoms with E-state index in [4.69, 9.17) is 14.7 Å². The van der Waals surface area contributed by atoms with E-state index in [1.54, 1.807) is 14.0 Å². The van der Waals surface area contributed by atoms with Gasteiger partial charge >= 0.3 is 0 Å². The zero-order valence-electron chi connectivity index (χ0n) is 12.1. The molecule has 0 fully saturated rings. The Kier molecular flexibility index (Phi) is 6.38. The number of methoxy groups -OCH3 is 1. The fraction of sp³-hybridized carbons (Fsp3) is 0.467. The lowest BCUT2D eigenvalue weighted by Gasteiger charge is -2.11. The summed E-state index contributed by atoms with van der Waals surface area (Å²) in [4.78, 5) is 11.6. The summed E-state index contributed by atoms with van der Waals surface area (Å²) >= 11 is 0. The highest BCUT2D eigenvalue weighted by atomic mass is 16.5. The topological polar surface area (TPSA) is 71.3 Å². The molecule has 0 aromatic heterocycles. The summed E-state index contributed by atoms with van der Waals surface area (Å²) in [6, 6.07) is 7.12. The lowest BCUT2D eigenvalue weighted by Crippen LogP contribution is -2.31. The van der Waals surface area contributed by atoms with Gasteiger partial charge in [0.05, 0.1) is 19.8 Å². The van der Waals surface area contributed by atoms with Gasteiger partial charge in [-0.25, -0.2) is 0 Å². The number of hydrogen-bond donors (Lipinski definition) is 1. The minimum Gasteiger partial charge on any atom is -0.493 e. The van der Waals surface area contributed by atoms with Crippen molar-refractivity contribution in [2.24, 2.45) is 0 Å². The average Bonchev–Trinajstić information content (AvgIpc) is 2.45. The van der Waals surface area contributed by atoms with Crippen molar-refractivity contribution in [1.82, 2.24) is 5.32 Å². The molecule has 5 heteroatoms. The molecule has 1 aromatic rings. The summed E-state index contributed by atoms with van der Waals surface area (Å²) in [5.74, 6) is 1.23. The Morgan fingerprint density at radius 3 is 2.80 bits per heavy atom. The maximum absolute atomic E-state index is 11.6. The van der Waals surface area contributed by atoms with Crippen molar-refractivity contribution in [2.45, 2.75) is 32.7 Å². The predicted octanol–water partition coefficient (Wildman–Crippen LogP) is 2.05. The Morgan fingerprint density at radius 1 is 1.45 bits per heavy atom. The molecule has 0 saturated heterocycles. The minimum absolute atomic E-state index is 0.132. The van der Waals surface area contributed by atoms with Crippen LogP contribution in [0.15, 0.2) is 18.2 Å². The van der Waals surface area contributed by atoms with Gasteiger partial charge in [0.2, 0.25) is 5.91 Å². The SMILES string of the molecule is CCOc1cc(CCC(=O)NC(C)C#N)ccc1OC. The third-order valence-electron chi connectivity index (χ3n) is 2.74. The standard InChI is InChI=1S/C15H20N2O3/c1-4-20-14-9-12(5-7-13(14)19-3)6-8-15(18)17-11(2)10-16/h5,7,9,11H,4,6,8H2,1-3H3,(H,17,18). The molecule has 1 rings (SSSR count). The lowest BCUT2D eigenvalue weighted by atomic mass is 10.1. The number of rotatable bonds is 7. The summed E-state index contributed by atoms with van der Waals surface area (Å²) < 4.78 is 10.7. The van der Waals surface area contributed by atoms with Crippen LogP contribution < -0.4 is 14.8 Å². The molecule has 108 valence electrons. The Hall–Kier alpha value is -2.22. The number of ether oxygens (including phenoxy) is 2. The van der Waals surface area contributed by atoms with E-state index >= 15 is 0 Å². The smallest absolute Gasteiger partial charge is 0.221 e. The highest BCUT2D eigenvalue weighted by Crippen LogP contribution is 2.28. The number of carbonyl (C=O) groups excluding carboxylic acids is 1. The molecule has 1 N–H and O–H groups in total. The third-order valence-corrected chi connectivity index (χ3v) is 2.74. The first kappa shape index (κ1) is 15.8. The van der Waals surface area contributed by atoms with Crippen LogP contribution in [0.4, 0.5) is 0 Å². The molecule has 0 spiro atoms. The van der Waals surface area contributed by atoms with Crippen LogP contribution >= 0.6 is 0 Å². The highest BCUT2D eigenvalue weighted by Gasteiger charge is 2.09. The van der Waals surface area contributed by atoms with Gasteiger partial charge in [-0.3, -0.25) is 4.79 Å². The van der Waals surface area contributed by atoms with Crippen LogP contribution in [0.2, 0.25) is 0 Å². The van der Waals surface area contributed by atoms with Crippen molar-refractivity contribution in [3.05, 3.63) is 23.8 Å². The first-order valence-corrected chi connectivity index (χ1v) is 6.59. The predicted molar refractivity (Wildman–Crippen MR) is 75.7 cm³/mol. The number of nitrogens with one attached hydrogen (secondary N) is 1.